The van der Waals surface area contributed by atoms with Gasteiger partial charge in [-0.1, -0.05) is 0 Å². The Balaban J connectivity index is 1.90. The van der Waals surface area contributed by atoms with E-state index < -0.39 is 5.92 Å². The van der Waals surface area contributed by atoms with Crippen LogP contribution < -0.4 is 0 Å². The number of alkyl halides is 2. The van der Waals surface area contributed by atoms with Gasteiger partial charge in [-0.05, 0) is 5.92 Å². The normalized spacial score (nSPS) is 20.4. The number of carbonyl (C=O) groups is 1. The molecule has 1 heterocycles. The van der Waals surface area contributed by atoms with Gasteiger partial charge in [0.1, 0.15) is 0 Å². The number of carbonyl (C=O) groups excluding carboxylic acids is 1. The summed E-state index contributed by atoms with van der Waals surface area (Å²) in [5.74, 6) is -2.49. The highest BCUT2D eigenvalue weighted by atomic mass is 19.3. The fraction of sp³-hybridized carbons (Fsp3) is 0.556. The van der Waals surface area contributed by atoms with Crippen LogP contribution in [0.3, 0.4) is 0 Å². The Morgan fingerprint density at radius 1 is 1.64 bits per heavy atom. The third-order valence-electron chi connectivity index (χ3n) is 2.41. The number of hydrogen-bond acceptors (Lipinski definition) is 2. The molecule has 3 nitrogen and oxygen atoms in total. The van der Waals surface area contributed by atoms with Crippen LogP contribution in [0.25, 0.3) is 0 Å². The molecule has 0 unspecified atom stereocenters. The van der Waals surface area contributed by atoms with Crippen LogP contribution >= 0.6 is 0 Å². The van der Waals surface area contributed by atoms with E-state index in [1.807, 2.05) is 0 Å². The zero-order chi connectivity index (χ0) is 10.2. The van der Waals surface area contributed by atoms with Crippen molar-refractivity contribution in [1.29, 1.82) is 0 Å². The van der Waals surface area contributed by atoms with Gasteiger partial charge in [-0.25, -0.2) is 8.78 Å². The molecular formula is C9H10F2N2O. The Labute approximate surface area is 79.7 Å². The zero-order valence-electron chi connectivity index (χ0n) is 7.49. The highest BCUT2D eigenvalue weighted by Gasteiger charge is 2.45. The van der Waals surface area contributed by atoms with Gasteiger partial charge in [0.2, 0.25) is 5.92 Å². The second-order valence-corrected chi connectivity index (χ2v) is 3.74. The van der Waals surface area contributed by atoms with Crippen molar-refractivity contribution in [2.45, 2.75) is 25.3 Å². The second kappa shape index (κ2) is 3.15. The van der Waals surface area contributed by atoms with E-state index in [1.54, 1.807) is 10.9 Å². The van der Waals surface area contributed by atoms with Crippen LogP contribution in [0.1, 0.15) is 23.2 Å². The van der Waals surface area contributed by atoms with Crippen LogP contribution in [0.2, 0.25) is 0 Å². The van der Waals surface area contributed by atoms with E-state index >= 15 is 0 Å². The third kappa shape index (κ3) is 1.81. The Bertz CT molecular complexity index is 340. The van der Waals surface area contributed by atoms with Gasteiger partial charge in [0, 0.05) is 25.6 Å². The molecule has 1 aliphatic rings. The molecule has 1 aliphatic carbocycles. The first kappa shape index (κ1) is 9.30. The number of hydrogen-bond donors (Lipinski definition) is 0. The summed E-state index contributed by atoms with van der Waals surface area (Å²) in [4.78, 5) is 10.3. The van der Waals surface area contributed by atoms with E-state index in [1.165, 1.54) is 6.20 Å². The summed E-state index contributed by atoms with van der Waals surface area (Å²) in [6, 6.07) is 0. The van der Waals surface area contributed by atoms with Gasteiger partial charge in [-0.15, -0.1) is 0 Å². The van der Waals surface area contributed by atoms with Gasteiger partial charge >= 0.3 is 0 Å². The molecule has 76 valence electrons. The Hall–Kier alpha value is -1.26. The van der Waals surface area contributed by atoms with Gasteiger partial charge in [-0.2, -0.15) is 5.10 Å². The molecule has 5 heteroatoms. The minimum Gasteiger partial charge on any atom is -0.298 e. The van der Waals surface area contributed by atoms with E-state index in [2.05, 4.69) is 5.10 Å². The van der Waals surface area contributed by atoms with Crippen molar-refractivity contribution >= 4 is 6.29 Å². The van der Waals surface area contributed by atoms with Gasteiger partial charge in [0.15, 0.2) is 6.29 Å². The summed E-state index contributed by atoms with van der Waals surface area (Å²) in [5, 5.41) is 3.90. The summed E-state index contributed by atoms with van der Waals surface area (Å²) >= 11 is 0. The monoisotopic (exact) mass is 200 g/mol. The molecule has 1 saturated carbocycles. The SMILES string of the molecule is O=Cc1cnn(CC2CC(F)(F)C2)c1. The fourth-order valence-corrected chi connectivity index (χ4v) is 1.72. The topological polar surface area (TPSA) is 34.9 Å². The number of aromatic nitrogens is 2. The molecule has 1 aromatic rings. The second-order valence-electron chi connectivity index (χ2n) is 3.74. The van der Waals surface area contributed by atoms with Crippen LogP contribution in [0.4, 0.5) is 8.78 Å². The summed E-state index contributed by atoms with van der Waals surface area (Å²) in [6.07, 6.45) is 3.57. The van der Waals surface area contributed by atoms with Crippen LogP contribution in [0, 0.1) is 5.92 Å². The molecule has 0 bridgehead atoms. The lowest BCUT2D eigenvalue weighted by atomic mass is 9.81. The van der Waals surface area contributed by atoms with Crippen molar-refractivity contribution in [1.82, 2.24) is 9.78 Å². The van der Waals surface area contributed by atoms with Gasteiger partial charge in [0.05, 0.1) is 11.8 Å². The maximum atomic E-state index is 12.5. The standard InChI is InChI=1S/C9H10F2N2O/c10-9(11)1-7(2-9)4-13-5-8(6-14)3-12-13/h3,5-7H,1-2,4H2. The Kier molecular flexibility index (Phi) is 2.09. The van der Waals surface area contributed by atoms with Gasteiger partial charge in [-0.3, -0.25) is 9.48 Å². The van der Waals surface area contributed by atoms with Crippen molar-refractivity contribution in [3.8, 4) is 0 Å². The molecule has 0 spiro atoms. The van der Waals surface area contributed by atoms with E-state index in [0.29, 0.717) is 18.4 Å². The number of nitrogens with zero attached hydrogens (tertiary/aromatic N) is 2. The molecule has 1 aromatic heterocycles. The molecule has 0 atom stereocenters. The predicted molar refractivity (Wildman–Crippen MR) is 45.3 cm³/mol. The van der Waals surface area contributed by atoms with Crippen molar-refractivity contribution in [3.63, 3.8) is 0 Å². The van der Waals surface area contributed by atoms with Crippen molar-refractivity contribution in [2.75, 3.05) is 0 Å². The van der Waals surface area contributed by atoms with E-state index in [0.717, 1.165) is 0 Å². The van der Waals surface area contributed by atoms with Crippen molar-refractivity contribution in [2.24, 2.45) is 5.92 Å². The van der Waals surface area contributed by atoms with E-state index in [9.17, 15) is 13.6 Å². The molecule has 2 rings (SSSR count). The van der Waals surface area contributed by atoms with Crippen LogP contribution in [0.5, 0.6) is 0 Å². The minimum atomic E-state index is -2.48. The van der Waals surface area contributed by atoms with E-state index in [4.69, 9.17) is 0 Å². The molecular weight excluding hydrogens is 190 g/mol. The zero-order valence-corrected chi connectivity index (χ0v) is 7.49. The lowest BCUT2D eigenvalue weighted by Gasteiger charge is -2.34. The Morgan fingerprint density at radius 2 is 2.36 bits per heavy atom. The van der Waals surface area contributed by atoms with Crippen LogP contribution in [-0.4, -0.2) is 22.0 Å². The smallest absolute Gasteiger partial charge is 0.248 e. The quantitative estimate of drug-likeness (QED) is 0.696. The van der Waals surface area contributed by atoms with Crippen LogP contribution in [0.15, 0.2) is 12.4 Å². The highest BCUT2D eigenvalue weighted by Crippen LogP contribution is 2.42. The summed E-state index contributed by atoms with van der Waals surface area (Å²) < 4.78 is 26.5. The Morgan fingerprint density at radius 3 is 2.86 bits per heavy atom. The largest absolute Gasteiger partial charge is 0.298 e. The van der Waals surface area contributed by atoms with Crippen LogP contribution in [-0.2, 0) is 6.54 Å². The molecule has 0 radical (unpaired) electrons. The minimum absolute atomic E-state index is 0.00981. The number of halogens is 2. The summed E-state index contributed by atoms with van der Waals surface area (Å²) in [5.41, 5.74) is 0.482. The highest BCUT2D eigenvalue weighted by molar-refractivity contribution is 5.73. The van der Waals surface area contributed by atoms with Crippen molar-refractivity contribution in [3.05, 3.63) is 18.0 Å². The molecule has 0 aromatic carbocycles. The van der Waals surface area contributed by atoms with Gasteiger partial charge in [0.25, 0.3) is 0 Å². The maximum Gasteiger partial charge on any atom is 0.248 e. The molecule has 0 amide bonds. The summed E-state index contributed by atoms with van der Waals surface area (Å²) in [7, 11) is 0. The molecule has 14 heavy (non-hydrogen) atoms. The molecule has 0 saturated heterocycles. The molecule has 1 fully saturated rings. The summed E-state index contributed by atoms with van der Waals surface area (Å²) in [6.45, 7) is 0.476. The van der Waals surface area contributed by atoms with E-state index in [-0.39, 0.29) is 18.8 Å². The first-order chi connectivity index (χ1) is 6.59. The fourth-order valence-electron chi connectivity index (χ4n) is 1.72. The third-order valence-corrected chi connectivity index (χ3v) is 2.41. The lowest BCUT2D eigenvalue weighted by molar-refractivity contribution is -0.114. The lowest BCUT2D eigenvalue weighted by Crippen LogP contribution is -2.37. The predicted octanol–water partition coefficient (Wildman–Crippen LogP) is 1.74. The van der Waals surface area contributed by atoms with Gasteiger partial charge < -0.3 is 0 Å². The number of aldehydes is 1. The number of rotatable bonds is 3. The maximum absolute atomic E-state index is 12.5. The molecule has 0 aliphatic heterocycles. The first-order valence-electron chi connectivity index (χ1n) is 4.44. The first-order valence-corrected chi connectivity index (χ1v) is 4.44. The molecule has 0 N–H and O–H groups in total. The average Bonchev–Trinajstić information content (AvgIpc) is 2.49. The van der Waals surface area contributed by atoms with Crippen molar-refractivity contribution < 1.29 is 13.6 Å². The average molecular weight is 200 g/mol.